The highest BCUT2D eigenvalue weighted by molar-refractivity contribution is 5.95. The van der Waals surface area contributed by atoms with Gasteiger partial charge in [-0.15, -0.1) is 0 Å². The summed E-state index contributed by atoms with van der Waals surface area (Å²) in [6.07, 6.45) is 0. The molecule has 0 saturated heterocycles. The van der Waals surface area contributed by atoms with Crippen LogP contribution in [0.4, 0.5) is 5.82 Å². The number of hydrogen-bond acceptors (Lipinski definition) is 3. The van der Waals surface area contributed by atoms with Gasteiger partial charge < -0.3 is 11.1 Å². The monoisotopic (exact) mass is 269 g/mol. The third-order valence-corrected chi connectivity index (χ3v) is 3.16. The summed E-state index contributed by atoms with van der Waals surface area (Å²) in [6.45, 7) is 5.81. The predicted molar refractivity (Wildman–Crippen MR) is 80.4 cm³/mol. The third kappa shape index (κ3) is 3.35. The largest absolute Gasteiger partial charge is 0.384 e. The number of benzene rings is 1. The SMILES string of the molecule is Cc1ccc(C(C)NC(=O)c2cc(C)nc(N)c2)cc1. The fraction of sp³-hybridized carbons (Fsp3) is 0.250. The number of aromatic nitrogens is 1. The van der Waals surface area contributed by atoms with E-state index in [9.17, 15) is 4.79 Å². The van der Waals surface area contributed by atoms with Gasteiger partial charge in [0.1, 0.15) is 5.82 Å². The molecule has 2 aromatic rings. The highest BCUT2D eigenvalue weighted by atomic mass is 16.1. The molecule has 1 unspecified atom stereocenters. The van der Waals surface area contributed by atoms with Gasteiger partial charge >= 0.3 is 0 Å². The van der Waals surface area contributed by atoms with E-state index in [0.29, 0.717) is 11.4 Å². The van der Waals surface area contributed by atoms with Crippen LogP contribution >= 0.6 is 0 Å². The van der Waals surface area contributed by atoms with Crippen molar-refractivity contribution in [1.82, 2.24) is 10.3 Å². The Morgan fingerprint density at radius 3 is 2.45 bits per heavy atom. The minimum absolute atomic E-state index is 0.0576. The van der Waals surface area contributed by atoms with Crippen LogP contribution in [0.5, 0.6) is 0 Å². The van der Waals surface area contributed by atoms with Gasteiger partial charge in [-0.25, -0.2) is 4.98 Å². The summed E-state index contributed by atoms with van der Waals surface area (Å²) in [5, 5.41) is 2.96. The molecule has 1 aromatic carbocycles. The average molecular weight is 269 g/mol. The highest BCUT2D eigenvalue weighted by Gasteiger charge is 2.12. The summed E-state index contributed by atoms with van der Waals surface area (Å²) in [5.41, 5.74) is 9.21. The number of nitrogens with one attached hydrogen (secondary N) is 1. The summed E-state index contributed by atoms with van der Waals surface area (Å²) in [6, 6.07) is 11.4. The van der Waals surface area contributed by atoms with Crippen LogP contribution in [0.2, 0.25) is 0 Å². The van der Waals surface area contributed by atoms with Crippen LogP contribution in [-0.2, 0) is 0 Å². The first-order valence-electron chi connectivity index (χ1n) is 6.57. The van der Waals surface area contributed by atoms with Gasteiger partial charge in [0.25, 0.3) is 5.91 Å². The van der Waals surface area contributed by atoms with Crippen molar-refractivity contribution in [2.45, 2.75) is 26.8 Å². The zero-order valence-electron chi connectivity index (χ0n) is 12.0. The molecule has 1 amide bonds. The first-order chi connectivity index (χ1) is 9.45. The topological polar surface area (TPSA) is 68.0 Å². The van der Waals surface area contributed by atoms with E-state index in [0.717, 1.165) is 11.3 Å². The van der Waals surface area contributed by atoms with Gasteiger partial charge in [0.15, 0.2) is 0 Å². The van der Waals surface area contributed by atoms with Crippen molar-refractivity contribution in [2.75, 3.05) is 5.73 Å². The molecule has 4 nitrogen and oxygen atoms in total. The van der Waals surface area contributed by atoms with E-state index in [-0.39, 0.29) is 11.9 Å². The van der Waals surface area contributed by atoms with Crippen LogP contribution in [0, 0.1) is 13.8 Å². The van der Waals surface area contributed by atoms with Crippen LogP contribution in [-0.4, -0.2) is 10.9 Å². The minimum Gasteiger partial charge on any atom is -0.384 e. The number of amides is 1. The maximum Gasteiger partial charge on any atom is 0.251 e. The standard InChI is InChI=1S/C16H19N3O/c1-10-4-6-13(7-5-10)12(3)19-16(20)14-8-11(2)18-15(17)9-14/h4-9,12H,1-3H3,(H2,17,18)(H,19,20). The van der Waals surface area contributed by atoms with Crippen molar-refractivity contribution in [3.8, 4) is 0 Å². The molecular weight excluding hydrogens is 250 g/mol. The van der Waals surface area contributed by atoms with Gasteiger partial charge in [-0.1, -0.05) is 29.8 Å². The van der Waals surface area contributed by atoms with Gasteiger partial charge in [-0.3, -0.25) is 4.79 Å². The van der Waals surface area contributed by atoms with Gasteiger partial charge in [0.05, 0.1) is 6.04 Å². The molecule has 0 saturated carbocycles. The predicted octanol–water partition coefficient (Wildman–Crippen LogP) is 2.77. The molecule has 0 aliphatic carbocycles. The lowest BCUT2D eigenvalue weighted by Crippen LogP contribution is -2.26. The molecule has 0 spiro atoms. The third-order valence-electron chi connectivity index (χ3n) is 3.16. The van der Waals surface area contributed by atoms with E-state index in [1.54, 1.807) is 12.1 Å². The number of nitrogens with two attached hydrogens (primary N) is 1. The molecule has 4 heteroatoms. The number of anilines is 1. The van der Waals surface area contributed by atoms with Crippen molar-refractivity contribution in [3.05, 3.63) is 58.8 Å². The van der Waals surface area contributed by atoms with E-state index < -0.39 is 0 Å². The first kappa shape index (κ1) is 14.1. The number of carbonyl (C=O) groups is 1. The highest BCUT2D eigenvalue weighted by Crippen LogP contribution is 2.15. The Morgan fingerprint density at radius 1 is 1.20 bits per heavy atom. The number of hydrogen-bond donors (Lipinski definition) is 2. The van der Waals surface area contributed by atoms with Crippen molar-refractivity contribution < 1.29 is 4.79 Å². The Hall–Kier alpha value is -2.36. The summed E-state index contributed by atoms with van der Waals surface area (Å²) < 4.78 is 0. The summed E-state index contributed by atoms with van der Waals surface area (Å²) in [4.78, 5) is 16.3. The van der Waals surface area contributed by atoms with Crippen LogP contribution in [0.3, 0.4) is 0 Å². The van der Waals surface area contributed by atoms with E-state index >= 15 is 0 Å². The first-order valence-corrected chi connectivity index (χ1v) is 6.57. The lowest BCUT2D eigenvalue weighted by atomic mass is 10.1. The van der Waals surface area contributed by atoms with E-state index in [4.69, 9.17) is 5.73 Å². The molecular formula is C16H19N3O. The smallest absolute Gasteiger partial charge is 0.251 e. The lowest BCUT2D eigenvalue weighted by Gasteiger charge is -2.15. The Labute approximate surface area is 119 Å². The van der Waals surface area contributed by atoms with Gasteiger partial charge in [-0.2, -0.15) is 0 Å². The molecule has 0 fully saturated rings. The molecule has 1 atom stereocenters. The van der Waals surface area contributed by atoms with Crippen LogP contribution in [0.25, 0.3) is 0 Å². The summed E-state index contributed by atoms with van der Waals surface area (Å²) in [7, 11) is 0. The number of pyridine rings is 1. The Morgan fingerprint density at radius 2 is 1.85 bits per heavy atom. The van der Waals surface area contributed by atoms with Crippen molar-refractivity contribution in [1.29, 1.82) is 0 Å². The van der Waals surface area contributed by atoms with Gasteiger partial charge in [0.2, 0.25) is 0 Å². The van der Waals surface area contributed by atoms with Crippen molar-refractivity contribution in [3.63, 3.8) is 0 Å². The van der Waals surface area contributed by atoms with Crippen molar-refractivity contribution in [2.24, 2.45) is 0 Å². The molecule has 20 heavy (non-hydrogen) atoms. The number of nitrogen functional groups attached to an aromatic ring is 1. The average Bonchev–Trinajstić information content (AvgIpc) is 2.38. The van der Waals surface area contributed by atoms with E-state index in [1.807, 2.05) is 45.0 Å². The quantitative estimate of drug-likeness (QED) is 0.900. The second kappa shape index (κ2) is 5.74. The molecule has 0 bridgehead atoms. The summed E-state index contributed by atoms with van der Waals surface area (Å²) >= 11 is 0. The second-order valence-electron chi connectivity index (χ2n) is 5.03. The molecule has 3 N–H and O–H groups in total. The zero-order chi connectivity index (χ0) is 14.7. The summed E-state index contributed by atoms with van der Waals surface area (Å²) in [5.74, 6) is 0.216. The Balaban J connectivity index is 2.12. The van der Waals surface area contributed by atoms with Gasteiger partial charge in [0, 0.05) is 11.3 Å². The normalized spacial score (nSPS) is 11.9. The Bertz CT molecular complexity index is 600. The van der Waals surface area contributed by atoms with Crippen LogP contribution < -0.4 is 11.1 Å². The molecule has 0 radical (unpaired) electrons. The second-order valence-corrected chi connectivity index (χ2v) is 5.03. The molecule has 1 heterocycles. The maximum absolute atomic E-state index is 12.2. The fourth-order valence-electron chi connectivity index (χ4n) is 2.04. The lowest BCUT2D eigenvalue weighted by molar-refractivity contribution is 0.0939. The molecule has 104 valence electrons. The molecule has 0 aliphatic heterocycles. The number of aryl methyl sites for hydroxylation is 2. The number of carbonyl (C=O) groups excluding carboxylic acids is 1. The Kier molecular flexibility index (Phi) is 4.03. The van der Waals surface area contributed by atoms with Crippen molar-refractivity contribution >= 4 is 11.7 Å². The zero-order valence-corrected chi connectivity index (χ0v) is 12.0. The molecule has 1 aromatic heterocycles. The van der Waals surface area contributed by atoms with Crippen LogP contribution in [0.1, 0.15) is 40.1 Å². The van der Waals surface area contributed by atoms with E-state index in [2.05, 4.69) is 10.3 Å². The number of nitrogens with zero attached hydrogens (tertiary/aromatic N) is 1. The van der Waals surface area contributed by atoms with E-state index in [1.165, 1.54) is 5.56 Å². The number of rotatable bonds is 3. The fourth-order valence-corrected chi connectivity index (χ4v) is 2.04. The molecule has 0 aliphatic rings. The minimum atomic E-state index is -0.143. The maximum atomic E-state index is 12.2. The van der Waals surface area contributed by atoms with Crippen LogP contribution in [0.15, 0.2) is 36.4 Å². The molecule has 2 rings (SSSR count). The van der Waals surface area contributed by atoms with Gasteiger partial charge in [-0.05, 0) is 38.5 Å².